The molecule has 24 heavy (non-hydrogen) atoms. The zero-order chi connectivity index (χ0) is 17.4. The van der Waals surface area contributed by atoms with Crippen molar-refractivity contribution < 1.29 is 30.6 Å². The van der Waals surface area contributed by atoms with Gasteiger partial charge in [-0.2, -0.15) is 0 Å². The van der Waals surface area contributed by atoms with Crippen LogP contribution in [0, 0.1) is 11.3 Å². The number of phenols is 2. The monoisotopic (exact) mass is 336 g/mol. The molecule has 0 heterocycles. The summed E-state index contributed by atoms with van der Waals surface area (Å²) in [6, 6.07) is 3.11. The molecule has 0 amide bonds. The SMILES string of the molecule is C[C@]12CC[C@@H]3c4cc(O)c(O)cc4CC[C@H]3[C@@]1(O)[C@@H](O)[C@@H](O)[C@H]2O. The van der Waals surface area contributed by atoms with Gasteiger partial charge < -0.3 is 30.6 Å². The Bertz CT molecular complexity index is 690. The van der Waals surface area contributed by atoms with Crippen LogP contribution >= 0.6 is 0 Å². The summed E-state index contributed by atoms with van der Waals surface area (Å²) < 4.78 is 0. The fourth-order valence-corrected chi connectivity index (χ4v) is 5.64. The van der Waals surface area contributed by atoms with Gasteiger partial charge in [0.15, 0.2) is 11.5 Å². The summed E-state index contributed by atoms with van der Waals surface area (Å²) in [6.07, 6.45) is -1.62. The number of aryl methyl sites for hydroxylation is 1. The Labute approximate surface area is 140 Å². The molecule has 0 bridgehead atoms. The third-order valence-corrected chi connectivity index (χ3v) is 7.05. The van der Waals surface area contributed by atoms with Crippen LogP contribution < -0.4 is 0 Å². The van der Waals surface area contributed by atoms with Crippen LogP contribution in [0.25, 0.3) is 0 Å². The summed E-state index contributed by atoms with van der Waals surface area (Å²) in [6.45, 7) is 1.73. The summed E-state index contributed by atoms with van der Waals surface area (Å²) >= 11 is 0. The highest BCUT2D eigenvalue weighted by atomic mass is 16.4. The van der Waals surface area contributed by atoms with Crippen LogP contribution in [0.3, 0.4) is 0 Å². The van der Waals surface area contributed by atoms with Crippen LogP contribution in [0.15, 0.2) is 12.1 Å². The second-order valence-corrected chi connectivity index (χ2v) is 7.95. The Balaban J connectivity index is 1.82. The van der Waals surface area contributed by atoms with E-state index in [9.17, 15) is 30.6 Å². The van der Waals surface area contributed by atoms with E-state index in [1.807, 2.05) is 0 Å². The molecule has 132 valence electrons. The normalized spacial score (nSPS) is 47.0. The van der Waals surface area contributed by atoms with Crippen molar-refractivity contribution in [3.8, 4) is 11.5 Å². The molecule has 0 spiro atoms. The van der Waals surface area contributed by atoms with Gasteiger partial charge in [-0.25, -0.2) is 0 Å². The van der Waals surface area contributed by atoms with Crippen molar-refractivity contribution in [1.29, 1.82) is 0 Å². The molecule has 3 aliphatic rings. The van der Waals surface area contributed by atoms with Gasteiger partial charge in [0.05, 0.1) is 6.10 Å². The summed E-state index contributed by atoms with van der Waals surface area (Å²) in [5, 5.41) is 62.1. The predicted octanol–water partition coefficient (Wildman–Crippen LogP) is 0.371. The smallest absolute Gasteiger partial charge is 0.157 e. The number of rotatable bonds is 0. The van der Waals surface area contributed by atoms with Crippen molar-refractivity contribution >= 4 is 0 Å². The maximum atomic E-state index is 11.4. The first-order chi connectivity index (χ1) is 11.2. The third kappa shape index (κ3) is 1.69. The first-order valence-corrected chi connectivity index (χ1v) is 8.53. The van der Waals surface area contributed by atoms with E-state index in [0.717, 1.165) is 11.1 Å². The number of benzene rings is 1. The molecule has 0 radical (unpaired) electrons. The second-order valence-electron chi connectivity index (χ2n) is 7.95. The lowest BCUT2D eigenvalue weighted by atomic mass is 9.52. The molecule has 6 heteroatoms. The van der Waals surface area contributed by atoms with E-state index < -0.39 is 29.3 Å². The van der Waals surface area contributed by atoms with E-state index >= 15 is 0 Å². The van der Waals surface area contributed by atoms with Gasteiger partial charge in [-0.3, -0.25) is 0 Å². The van der Waals surface area contributed by atoms with Gasteiger partial charge in [0.1, 0.15) is 17.8 Å². The molecule has 0 aliphatic heterocycles. The average Bonchev–Trinajstić information content (AvgIpc) is 2.69. The van der Waals surface area contributed by atoms with Crippen LogP contribution in [0.5, 0.6) is 11.5 Å². The summed E-state index contributed by atoms with van der Waals surface area (Å²) in [5.41, 5.74) is -0.740. The highest BCUT2D eigenvalue weighted by molar-refractivity contribution is 5.49. The van der Waals surface area contributed by atoms with Crippen LogP contribution in [-0.4, -0.2) is 54.6 Å². The van der Waals surface area contributed by atoms with E-state index in [4.69, 9.17) is 0 Å². The molecule has 4 rings (SSSR count). The first-order valence-electron chi connectivity index (χ1n) is 8.53. The van der Waals surface area contributed by atoms with Crippen molar-refractivity contribution in [1.82, 2.24) is 0 Å². The Morgan fingerprint density at radius 1 is 1.00 bits per heavy atom. The molecule has 3 aliphatic carbocycles. The summed E-state index contributed by atoms with van der Waals surface area (Å²) in [5.74, 6) is -0.764. The van der Waals surface area contributed by atoms with Gasteiger partial charge in [-0.15, -0.1) is 0 Å². The Hall–Kier alpha value is -1.34. The van der Waals surface area contributed by atoms with Crippen molar-refractivity contribution in [2.75, 3.05) is 0 Å². The lowest BCUT2D eigenvalue weighted by Gasteiger charge is -2.55. The highest BCUT2D eigenvalue weighted by Gasteiger charge is 2.71. The van der Waals surface area contributed by atoms with E-state index in [0.29, 0.717) is 25.7 Å². The molecule has 0 aromatic heterocycles. The molecular weight excluding hydrogens is 312 g/mol. The second kappa shape index (κ2) is 4.85. The number of fused-ring (bicyclic) bond motifs is 5. The first kappa shape index (κ1) is 16.1. The molecule has 2 saturated carbocycles. The zero-order valence-electron chi connectivity index (χ0n) is 13.6. The van der Waals surface area contributed by atoms with Crippen LogP contribution in [0.2, 0.25) is 0 Å². The summed E-state index contributed by atoms with van der Waals surface area (Å²) in [7, 11) is 0. The van der Waals surface area contributed by atoms with Crippen LogP contribution in [0.1, 0.15) is 43.2 Å². The molecule has 0 unspecified atom stereocenters. The maximum Gasteiger partial charge on any atom is 0.157 e. The number of aliphatic hydroxyl groups excluding tert-OH is 3. The van der Waals surface area contributed by atoms with Gasteiger partial charge in [0.25, 0.3) is 0 Å². The van der Waals surface area contributed by atoms with Gasteiger partial charge in [0, 0.05) is 5.41 Å². The number of aromatic hydroxyl groups is 2. The third-order valence-electron chi connectivity index (χ3n) is 7.05. The Morgan fingerprint density at radius 3 is 2.38 bits per heavy atom. The minimum Gasteiger partial charge on any atom is -0.504 e. The quantitative estimate of drug-likeness (QED) is 0.381. The molecule has 6 N–H and O–H groups in total. The maximum absolute atomic E-state index is 11.4. The Kier molecular flexibility index (Phi) is 3.26. The van der Waals surface area contributed by atoms with Crippen molar-refractivity contribution in [2.24, 2.45) is 11.3 Å². The number of hydrogen-bond donors (Lipinski definition) is 6. The van der Waals surface area contributed by atoms with Crippen molar-refractivity contribution in [3.63, 3.8) is 0 Å². The van der Waals surface area contributed by atoms with Gasteiger partial charge in [-0.05, 0) is 60.8 Å². The molecule has 2 fully saturated rings. The molecule has 0 saturated heterocycles. The topological polar surface area (TPSA) is 121 Å². The van der Waals surface area contributed by atoms with Gasteiger partial charge >= 0.3 is 0 Å². The molecule has 7 atom stereocenters. The molecule has 6 nitrogen and oxygen atoms in total. The molecule has 1 aromatic rings. The van der Waals surface area contributed by atoms with Crippen LogP contribution in [0.4, 0.5) is 0 Å². The average molecular weight is 336 g/mol. The fraction of sp³-hybridized carbons (Fsp3) is 0.667. The van der Waals surface area contributed by atoms with E-state index in [2.05, 4.69) is 0 Å². The molecular formula is C18H24O6. The molecule has 1 aromatic carbocycles. The highest BCUT2D eigenvalue weighted by Crippen LogP contribution is 2.63. The van der Waals surface area contributed by atoms with E-state index in [-0.39, 0.29) is 23.3 Å². The van der Waals surface area contributed by atoms with E-state index in [1.165, 1.54) is 0 Å². The number of aliphatic hydroxyl groups is 4. The minimum absolute atomic E-state index is 0.0922. The standard InChI is InChI=1S/C18H24O6/c1-17-5-4-9-10-7-13(20)12(19)6-8(10)2-3-11(9)18(17,24)16(23)14(21)15(17)22/h6-7,9,11,14-16,19-24H,2-5H2,1H3/t9-,11-,14+,15-,16+,17-,18-/m1/s1. The van der Waals surface area contributed by atoms with Crippen molar-refractivity contribution in [2.45, 2.75) is 62.4 Å². The largest absolute Gasteiger partial charge is 0.504 e. The van der Waals surface area contributed by atoms with Gasteiger partial charge in [0.2, 0.25) is 0 Å². The Morgan fingerprint density at radius 2 is 1.67 bits per heavy atom. The zero-order valence-corrected chi connectivity index (χ0v) is 13.6. The number of phenolic OH excluding ortho intramolecular Hbond substituents is 2. The van der Waals surface area contributed by atoms with Crippen molar-refractivity contribution in [3.05, 3.63) is 23.3 Å². The lowest BCUT2D eigenvalue weighted by molar-refractivity contribution is -0.199. The minimum atomic E-state index is -1.58. The number of hydrogen-bond acceptors (Lipinski definition) is 6. The predicted molar refractivity (Wildman–Crippen MR) is 84.6 cm³/mol. The van der Waals surface area contributed by atoms with E-state index in [1.54, 1.807) is 19.1 Å². The van der Waals surface area contributed by atoms with Crippen LogP contribution in [-0.2, 0) is 6.42 Å². The summed E-state index contributed by atoms with van der Waals surface area (Å²) in [4.78, 5) is 0. The fourth-order valence-electron chi connectivity index (χ4n) is 5.64. The van der Waals surface area contributed by atoms with Gasteiger partial charge in [-0.1, -0.05) is 6.92 Å². The lowest BCUT2D eigenvalue weighted by Crippen LogP contribution is -2.62.